The van der Waals surface area contributed by atoms with E-state index in [4.69, 9.17) is 29.7 Å². The molecule has 0 aliphatic carbocycles. The second kappa shape index (κ2) is 12.0. The number of nitriles is 1. The maximum absolute atomic E-state index is 12.6. The fraction of sp³-hybridized carbons (Fsp3) is 0.227. The molecule has 2 rings (SSSR count). The molecule has 9 heteroatoms. The summed E-state index contributed by atoms with van der Waals surface area (Å²) < 4.78 is 16.5. The topological polar surface area (TPSA) is 138 Å². The number of anilines is 1. The van der Waals surface area contributed by atoms with Gasteiger partial charge >= 0.3 is 12.1 Å². The summed E-state index contributed by atoms with van der Waals surface area (Å²) in [6.45, 7) is -0.199. The number of rotatable bonds is 10. The lowest BCUT2D eigenvalue weighted by atomic mass is 10.0. The van der Waals surface area contributed by atoms with Crippen molar-refractivity contribution in [1.82, 2.24) is 0 Å². The van der Waals surface area contributed by atoms with Crippen LogP contribution in [0.1, 0.15) is 17.2 Å². The third kappa shape index (κ3) is 7.15. The minimum absolute atomic E-state index is 0.0176. The number of carboxylic acids is 1. The van der Waals surface area contributed by atoms with Gasteiger partial charge in [-0.25, -0.2) is 9.59 Å². The van der Waals surface area contributed by atoms with E-state index in [1.165, 1.54) is 13.2 Å². The Hall–Kier alpha value is -3.87. The molecule has 0 saturated carbocycles. The van der Waals surface area contributed by atoms with Crippen LogP contribution < -0.4 is 10.1 Å². The second-order valence-corrected chi connectivity index (χ2v) is 6.15. The molecule has 3 N–H and O–H groups in total. The molecule has 9 nitrogen and oxygen atoms in total. The molecule has 0 aromatic heterocycles. The maximum Gasteiger partial charge on any atom is 0.412 e. The Balaban J connectivity index is 2.31. The number of benzene rings is 2. The Morgan fingerprint density at radius 3 is 2.52 bits per heavy atom. The van der Waals surface area contributed by atoms with Gasteiger partial charge in [-0.15, -0.1) is 0 Å². The zero-order valence-electron chi connectivity index (χ0n) is 16.7. The lowest BCUT2D eigenvalue weighted by Gasteiger charge is -2.26. The average molecular weight is 426 g/mol. The number of aliphatic hydroxyl groups excluding tert-OH is 1. The van der Waals surface area contributed by atoms with Gasteiger partial charge in [-0.3, -0.25) is 5.32 Å². The lowest BCUT2D eigenvalue weighted by molar-refractivity contribution is -0.131. The molecule has 0 heterocycles. The summed E-state index contributed by atoms with van der Waals surface area (Å²) in [7, 11) is 1.35. The molecule has 1 amide bonds. The molecule has 2 atom stereocenters. The van der Waals surface area contributed by atoms with Crippen molar-refractivity contribution in [2.75, 3.05) is 25.6 Å². The number of carbonyl (C=O) groups is 2. The summed E-state index contributed by atoms with van der Waals surface area (Å²) in [5.74, 6) is -0.842. The first-order chi connectivity index (χ1) is 15.0. The van der Waals surface area contributed by atoms with E-state index >= 15 is 0 Å². The van der Waals surface area contributed by atoms with Gasteiger partial charge in [-0.1, -0.05) is 18.2 Å². The van der Waals surface area contributed by atoms with Gasteiger partial charge in [0.05, 0.1) is 18.2 Å². The molecular formula is C22H22N2O7. The van der Waals surface area contributed by atoms with E-state index in [9.17, 15) is 9.59 Å². The molecule has 0 fully saturated rings. The largest absolute Gasteiger partial charge is 0.491 e. The van der Waals surface area contributed by atoms with Crippen LogP contribution in [0.5, 0.6) is 5.75 Å². The number of carbonyl (C=O) groups excluding carboxylic acids is 1. The number of nitrogens with zero attached hydrogens (tertiary/aromatic N) is 1. The number of methoxy groups -OCH3 is 1. The lowest BCUT2D eigenvalue weighted by Crippen LogP contribution is -2.27. The summed E-state index contributed by atoms with van der Waals surface area (Å²) in [6, 6.07) is 14.8. The van der Waals surface area contributed by atoms with Crippen molar-refractivity contribution in [2.45, 2.75) is 12.2 Å². The van der Waals surface area contributed by atoms with Crippen LogP contribution in [-0.2, 0) is 14.3 Å². The predicted octanol–water partition coefficient (Wildman–Crippen LogP) is 2.87. The molecule has 0 bridgehead atoms. The normalized spacial score (nSPS) is 12.5. The third-order valence-electron chi connectivity index (χ3n) is 4.07. The summed E-state index contributed by atoms with van der Waals surface area (Å²) >= 11 is 0. The van der Waals surface area contributed by atoms with Crippen molar-refractivity contribution in [3.63, 3.8) is 0 Å². The van der Waals surface area contributed by atoms with Crippen molar-refractivity contribution in [1.29, 1.82) is 5.26 Å². The van der Waals surface area contributed by atoms with E-state index in [-0.39, 0.29) is 13.2 Å². The fourth-order valence-electron chi connectivity index (χ4n) is 2.68. The van der Waals surface area contributed by atoms with Gasteiger partial charge in [-0.05, 0) is 36.4 Å². The van der Waals surface area contributed by atoms with E-state index in [2.05, 4.69) is 5.32 Å². The maximum atomic E-state index is 12.6. The molecule has 0 aliphatic heterocycles. The number of aliphatic hydroxyl groups is 1. The van der Waals surface area contributed by atoms with Crippen molar-refractivity contribution in [3.05, 3.63) is 71.8 Å². The summed E-state index contributed by atoms with van der Waals surface area (Å²) in [5, 5.41) is 29.4. The van der Waals surface area contributed by atoms with Crippen LogP contribution >= 0.6 is 0 Å². The van der Waals surface area contributed by atoms with Gasteiger partial charge in [-0.2, -0.15) is 5.26 Å². The van der Waals surface area contributed by atoms with E-state index < -0.39 is 24.3 Å². The molecule has 0 radical (unpaired) electrons. The number of hydrogen-bond acceptors (Lipinski definition) is 7. The first-order valence-electron chi connectivity index (χ1n) is 9.22. The van der Waals surface area contributed by atoms with E-state index in [0.29, 0.717) is 22.6 Å². The molecule has 0 aliphatic rings. The number of amides is 1. The van der Waals surface area contributed by atoms with Crippen molar-refractivity contribution < 1.29 is 34.0 Å². The van der Waals surface area contributed by atoms with Crippen LogP contribution in [0, 0.1) is 11.3 Å². The first kappa shape index (κ1) is 23.4. The smallest absolute Gasteiger partial charge is 0.412 e. The zero-order chi connectivity index (χ0) is 22.6. The van der Waals surface area contributed by atoms with Crippen LogP contribution in [0.2, 0.25) is 0 Å². The number of aliphatic carboxylic acids is 1. The van der Waals surface area contributed by atoms with Crippen molar-refractivity contribution >= 4 is 17.7 Å². The van der Waals surface area contributed by atoms with Crippen molar-refractivity contribution in [2.24, 2.45) is 0 Å². The fourth-order valence-corrected chi connectivity index (χ4v) is 2.68. The minimum Gasteiger partial charge on any atom is -0.491 e. The van der Waals surface area contributed by atoms with E-state index in [1.807, 2.05) is 6.07 Å². The highest BCUT2D eigenvalue weighted by atomic mass is 16.6. The highest BCUT2D eigenvalue weighted by Crippen LogP contribution is 2.32. The van der Waals surface area contributed by atoms with Gasteiger partial charge in [0.25, 0.3) is 0 Å². The molecule has 0 unspecified atom stereocenters. The zero-order valence-corrected chi connectivity index (χ0v) is 16.7. The number of carboxylic acid groups (broad SMARTS) is 1. The highest BCUT2D eigenvalue weighted by molar-refractivity contribution is 5.85. The number of nitrogens with one attached hydrogen (secondary N) is 1. The van der Waals surface area contributed by atoms with Crippen molar-refractivity contribution in [3.8, 4) is 11.8 Å². The highest BCUT2D eigenvalue weighted by Gasteiger charge is 2.28. The Kier molecular flexibility index (Phi) is 9.04. The molecule has 0 saturated heterocycles. The third-order valence-corrected chi connectivity index (χ3v) is 4.07. The van der Waals surface area contributed by atoms with Gasteiger partial charge in [0, 0.05) is 24.4 Å². The standard InChI is InChI=1S/C22H22N2O7/c1-29-19(10-11-20(26)27)21(17-4-2-3-5-18(17)30-13-12-25)31-22(28)24-16-8-6-15(14-23)7-9-16/h2-11,19,21,25H,12-13H2,1H3,(H,24,28)(H,26,27)/b11-10+/t19-,21-/m1/s1. The Morgan fingerprint density at radius 2 is 1.90 bits per heavy atom. The Bertz CT molecular complexity index is 951. The molecule has 162 valence electrons. The van der Waals surface area contributed by atoms with E-state index in [1.54, 1.807) is 48.5 Å². The van der Waals surface area contributed by atoms with Crippen LogP contribution in [0.15, 0.2) is 60.7 Å². The molecule has 2 aromatic rings. The molecule has 31 heavy (non-hydrogen) atoms. The predicted molar refractivity (Wildman–Crippen MR) is 111 cm³/mol. The Morgan fingerprint density at radius 1 is 1.19 bits per heavy atom. The Labute approximate surface area is 179 Å². The molecule has 2 aromatic carbocycles. The monoisotopic (exact) mass is 426 g/mol. The van der Waals surface area contributed by atoms with Gasteiger partial charge < -0.3 is 24.4 Å². The van der Waals surface area contributed by atoms with Gasteiger partial charge in [0.1, 0.15) is 18.5 Å². The quantitative estimate of drug-likeness (QED) is 0.493. The van der Waals surface area contributed by atoms with Gasteiger partial charge in [0.15, 0.2) is 6.10 Å². The first-order valence-corrected chi connectivity index (χ1v) is 9.22. The van der Waals surface area contributed by atoms with Crippen LogP contribution in [0.3, 0.4) is 0 Å². The minimum atomic E-state index is -1.19. The second-order valence-electron chi connectivity index (χ2n) is 6.15. The average Bonchev–Trinajstić information content (AvgIpc) is 2.77. The molecule has 0 spiro atoms. The van der Waals surface area contributed by atoms with Gasteiger partial charge in [0.2, 0.25) is 0 Å². The van der Waals surface area contributed by atoms with Crippen LogP contribution in [0.4, 0.5) is 10.5 Å². The number of hydrogen-bond donors (Lipinski definition) is 3. The summed E-state index contributed by atoms with van der Waals surface area (Å²) in [4.78, 5) is 23.5. The van der Waals surface area contributed by atoms with E-state index in [0.717, 1.165) is 6.08 Å². The van der Waals surface area contributed by atoms with Crippen LogP contribution in [0.25, 0.3) is 0 Å². The summed E-state index contributed by atoms with van der Waals surface area (Å²) in [5.41, 5.74) is 1.26. The number of ether oxygens (including phenoxy) is 3. The summed E-state index contributed by atoms with van der Waals surface area (Å²) in [6.07, 6.45) is -0.682. The number of para-hydroxylation sites is 1. The van der Waals surface area contributed by atoms with Crippen LogP contribution in [-0.4, -0.2) is 48.7 Å². The SMILES string of the molecule is CO[C@H](/C=C/C(=O)O)[C@H](OC(=O)Nc1ccc(C#N)cc1)c1ccccc1OCCO. The molecular weight excluding hydrogens is 404 g/mol.